The topological polar surface area (TPSA) is 42.4 Å². The van der Waals surface area contributed by atoms with E-state index in [9.17, 15) is 0 Å². The number of oxazole rings is 1. The molecule has 0 atom stereocenters. The van der Waals surface area contributed by atoms with Crippen LogP contribution in [0.15, 0.2) is 154 Å². The van der Waals surface area contributed by atoms with Crippen molar-refractivity contribution < 1.29 is 8.83 Å². The average molecular weight is 685 g/mol. The Balaban J connectivity index is 1.17. The van der Waals surface area contributed by atoms with E-state index in [1.165, 1.54) is 44.5 Å². The summed E-state index contributed by atoms with van der Waals surface area (Å²) in [4.78, 5) is 7.32. The Morgan fingerprint density at radius 3 is 1.98 bits per heavy atom. The number of benzene rings is 7. The van der Waals surface area contributed by atoms with Gasteiger partial charge in [-0.1, -0.05) is 125 Å². The van der Waals surface area contributed by atoms with Crippen molar-refractivity contribution in [1.29, 1.82) is 0 Å². The molecule has 2 heterocycles. The number of hydrogen-bond donors (Lipinski definition) is 0. The summed E-state index contributed by atoms with van der Waals surface area (Å²) in [5.74, 6) is 0.604. The van der Waals surface area contributed by atoms with Crippen LogP contribution in [0, 0.1) is 0 Å². The summed E-state index contributed by atoms with van der Waals surface area (Å²) in [5.41, 5.74) is 17.5. The zero-order valence-corrected chi connectivity index (χ0v) is 30.1. The van der Waals surface area contributed by atoms with Gasteiger partial charge in [0.05, 0.1) is 11.4 Å². The van der Waals surface area contributed by atoms with Crippen molar-refractivity contribution in [3.05, 3.63) is 168 Å². The van der Waals surface area contributed by atoms with E-state index in [-0.39, 0.29) is 10.8 Å². The number of nitrogens with zero attached hydrogens (tertiary/aromatic N) is 2. The highest BCUT2D eigenvalue weighted by Crippen LogP contribution is 2.56. The summed E-state index contributed by atoms with van der Waals surface area (Å²) in [6, 6.07) is 52.1. The normalized spacial score (nSPS) is 14.7. The van der Waals surface area contributed by atoms with Crippen molar-refractivity contribution in [3.63, 3.8) is 0 Å². The zero-order chi connectivity index (χ0) is 35.6. The van der Waals surface area contributed by atoms with Gasteiger partial charge >= 0.3 is 0 Å². The molecule has 0 saturated carbocycles. The van der Waals surface area contributed by atoms with Crippen molar-refractivity contribution in [2.24, 2.45) is 0 Å². The fourth-order valence-corrected chi connectivity index (χ4v) is 9.25. The lowest BCUT2D eigenvalue weighted by molar-refractivity contribution is 0.617. The molecule has 2 aromatic heterocycles. The van der Waals surface area contributed by atoms with E-state index in [1.807, 2.05) is 36.4 Å². The van der Waals surface area contributed by atoms with E-state index in [1.54, 1.807) is 0 Å². The first-order chi connectivity index (χ1) is 25.8. The van der Waals surface area contributed by atoms with E-state index in [2.05, 4.69) is 142 Å². The van der Waals surface area contributed by atoms with E-state index in [0.717, 1.165) is 50.1 Å². The second-order valence-corrected chi connectivity index (χ2v) is 15.6. The van der Waals surface area contributed by atoms with Gasteiger partial charge in [-0.3, -0.25) is 0 Å². The molecule has 11 rings (SSSR count). The lowest BCUT2D eigenvalue weighted by Gasteiger charge is -2.30. The Morgan fingerprint density at radius 2 is 1.15 bits per heavy atom. The predicted molar refractivity (Wildman–Crippen MR) is 217 cm³/mol. The van der Waals surface area contributed by atoms with Gasteiger partial charge < -0.3 is 13.7 Å². The van der Waals surface area contributed by atoms with Gasteiger partial charge in [0, 0.05) is 44.5 Å². The van der Waals surface area contributed by atoms with Crippen LogP contribution in [0.4, 0.5) is 17.1 Å². The monoisotopic (exact) mass is 684 g/mol. The standard InChI is InChI=1S/C49H36N2O2/c1-48(2)37-20-11-9-17-34(37)45-38(48)21-13-22-41(45)51(30-24-25-32-31-16-8-10-19-36(31)49(3,4)39(32)26-30)42-23-12-18-33-35-27-40-44(28-43(35)52-46(33)42)53-47(50-40)29-14-6-5-7-15-29/h5-28H,1-4H3. The minimum absolute atomic E-state index is 0.139. The van der Waals surface area contributed by atoms with Crippen molar-refractivity contribution >= 4 is 50.1 Å². The molecule has 0 amide bonds. The molecule has 7 aromatic carbocycles. The van der Waals surface area contributed by atoms with Crippen molar-refractivity contribution in [3.8, 4) is 33.7 Å². The third-order valence-corrected chi connectivity index (χ3v) is 11.9. The first-order valence-electron chi connectivity index (χ1n) is 18.4. The summed E-state index contributed by atoms with van der Waals surface area (Å²) in [6.07, 6.45) is 0. The van der Waals surface area contributed by atoms with Gasteiger partial charge in [-0.25, -0.2) is 4.98 Å². The van der Waals surface area contributed by atoms with E-state index >= 15 is 0 Å². The van der Waals surface area contributed by atoms with Crippen LogP contribution in [0.3, 0.4) is 0 Å². The highest BCUT2D eigenvalue weighted by atomic mass is 16.4. The van der Waals surface area contributed by atoms with Crippen LogP contribution in [0.5, 0.6) is 0 Å². The summed E-state index contributed by atoms with van der Waals surface area (Å²) in [6.45, 7) is 9.37. The molecule has 0 radical (unpaired) electrons. The van der Waals surface area contributed by atoms with E-state index < -0.39 is 0 Å². The minimum Gasteiger partial charge on any atom is -0.454 e. The molecule has 2 aliphatic rings. The van der Waals surface area contributed by atoms with Gasteiger partial charge in [-0.15, -0.1) is 0 Å². The Labute approximate surface area is 308 Å². The molecule has 0 bridgehead atoms. The highest BCUT2D eigenvalue weighted by Gasteiger charge is 2.39. The number of rotatable bonds is 4. The zero-order valence-electron chi connectivity index (χ0n) is 30.1. The number of anilines is 3. The molecule has 53 heavy (non-hydrogen) atoms. The van der Waals surface area contributed by atoms with Gasteiger partial charge in [0.15, 0.2) is 11.2 Å². The lowest BCUT2D eigenvalue weighted by atomic mass is 9.82. The molecule has 9 aromatic rings. The van der Waals surface area contributed by atoms with Gasteiger partial charge in [0.2, 0.25) is 5.89 Å². The number of fused-ring (bicyclic) bond motifs is 10. The smallest absolute Gasteiger partial charge is 0.227 e. The Hall–Kier alpha value is -6.39. The maximum Gasteiger partial charge on any atom is 0.227 e. The van der Waals surface area contributed by atoms with Gasteiger partial charge in [-0.2, -0.15) is 0 Å². The molecule has 2 aliphatic carbocycles. The van der Waals surface area contributed by atoms with Crippen LogP contribution in [0.1, 0.15) is 49.9 Å². The molecular weight excluding hydrogens is 649 g/mol. The Bertz CT molecular complexity index is 2960. The fourth-order valence-electron chi connectivity index (χ4n) is 9.25. The molecule has 0 aliphatic heterocycles. The van der Waals surface area contributed by atoms with Gasteiger partial charge in [-0.05, 0) is 81.4 Å². The molecule has 0 saturated heterocycles. The molecule has 4 nitrogen and oxygen atoms in total. The van der Waals surface area contributed by atoms with Gasteiger partial charge in [0.1, 0.15) is 11.1 Å². The largest absolute Gasteiger partial charge is 0.454 e. The number of furan rings is 1. The number of aromatic nitrogens is 1. The van der Waals surface area contributed by atoms with Crippen LogP contribution < -0.4 is 4.90 Å². The molecule has 0 unspecified atom stereocenters. The van der Waals surface area contributed by atoms with Crippen molar-refractivity contribution in [2.75, 3.05) is 4.90 Å². The third-order valence-electron chi connectivity index (χ3n) is 11.9. The second-order valence-electron chi connectivity index (χ2n) is 15.6. The summed E-state index contributed by atoms with van der Waals surface area (Å²) in [5, 5.41) is 2.05. The van der Waals surface area contributed by atoms with Crippen LogP contribution in [0.2, 0.25) is 0 Å². The quantitative estimate of drug-likeness (QED) is 0.185. The minimum atomic E-state index is -0.147. The second kappa shape index (κ2) is 10.6. The fraction of sp³-hybridized carbons (Fsp3) is 0.122. The molecule has 4 heteroatoms. The van der Waals surface area contributed by atoms with Gasteiger partial charge in [0.25, 0.3) is 0 Å². The first kappa shape index (κ1) is 30.3. The first-order valence-corrected chi connectivity index (χ1v) is 18.4. The summed E-state index contributed by atoms with van der Waals surface area (Å²) < 4.78 is 13.2. The molecule has 0 fully saturated rings. The Kier molecular flexibility index (Phi) is 6.04. The van der Waals surface area contributed by atoms with Crippen molar-refractivity contribution in [1.82, 2.24) is 4.98 Å². The molecule has 0 N–H and O–H groups in total. The van der Waals surface area contributed by atoms with E-state index in [4.69, 9.17) is 13.8 Å². The van der Waals surface area contributed by atoms with Crippen LogP contribution in [-0.2, 0) is 10.8 Å². The van der Waals surface area contributed by atoms with Crippen molar-refractivity contribution in [2.45, 2.75) is 38.5 Å². The molecular formula is C49H36N2O2. The highest BCUT2D eigenvalue weighted by molar-refractivity contribution is 6.13. The Morgan fingerprint density at radius 1 is 0.491 bits per heavy atom. The molecule has 254 valence electrons. The average Bonchev–Trinajstić information content (AvgIpc) is 3.89. The van der Waals surface area contributed by atoms with Crippen LogP contribution in [0.25, 0.3) is 66.7 Å². The predicted octanol–water partition coefficient (Wildman–Crippen LogP) is 13.5. The van der Waals surface area contributed by atoms with E-state index in [0.29, 0.717) is 11.5 Å². The maximum absolute atomic E-state index is 6.92. The number of para-hydroxylation sites is 1. The molecule has 0 spiro atoms. The lowest BCUT2D eigenvalue weighted by Crippen LogP contribution is -2.17. The summed E-state index contributed by atoms with van der Waals surface area (Å²) >= 11 is 0. The third kappa shape index (κ3) is 4.15. The maximum atomic E-state index is 6.92. The SMILES string of the molecule is CC1(C)c2ccccc2-c2ccc(N(c3cccc4c3-c3ccccc3C4(C)C)c3cccc4c3oc3cc5oc(-c6ccccc6)nc5cc34)cc21. The van der Waals surface area contributed by atoms with Crippen LogP contribution in [-0.4, -0.2) is 4.98 Å². The number of hydrogen-bond acceptors (Lipinski definition) is 4. The summed E-state index contributed by atoms with van der Waals surface area (Å²) in [7, 11) is 0. The van der Waals surface area contributed by atoms with Crippen LogP contribution >= 0.6 is 0 Å².